The van der Waals surface area contributed by atoms with Gasteiger partial charge in [-0.15, -0.1) is 0 Å². The van der Waals surface area contributed by atoms with E-state index in [4.69, 9.17) is 9.02 Å². The van der Waals surface area contributed by atoms with E-state index >= 15 is 0 Å². The molecule has 0 bridgehead atoms. The smallest absolute Gasteiger partial charge is 0.339 e. The monoisotopic (exact) mass is 540 g/mol. The molecule has 0 aliphatic carbocycles. The number of para-hydroxylation sites is 1. The van der Waals surface area contributed by atoms with Crippen molar-refractivity contribution in [1.29, 1.82) is 0 Å². The minimum absolute atomic E-state index is 0.0441. The molecule has 8 nitrogen and oxygen atoms in total. The first kappa shape index (κ1) is 24.8. The fourth-order valence-electron chi connectivity index (χ4n) is 5.06. The summed E-state index contributed by atoms with van der Waals surface area (Å²) in [7, 11) is -4.01. The van der Waals surface area contributed by atoms with Crippen LogP contribution in [-0.4, -0.2) is 26.3 Å². The molecule has 2 fully saturated rings. The summed E-state index contributed by atoms with van der Waals surface area (Å²) in [6.45, 7) is 1.90. The molecule has 2 heterocycles. The summed E-state index contributed by atoms with van der Waals surface area (Å²) in [6.07, 6.45) is -1.00. The number of aryl methyl sites for hydroxylation is 1. The molecule has 2 saturated heterocycles. The van der Waals surface area contributed by atoms with Gasteiger partial charge in [-0.05, 0) is 66.6 Å². The zero-order valence-electron chi connectivity index (χ0n) is 20.9. The highest BCUT2D eigenvalue weighted by molar-refractivity contribution is 7.87. The molecular weight excluding hydrogens is 516 g/mol. The van der Waals surface area contributed by atoms with Crippen LogP contribution in [0.15, 0.2) is 114 Å². The van der Waals surface area contributed by atoms with Gasteiger partial charge >= 0.3 is 10.1 Å². The molecule has 0 saturated carbocycles. The predicted molar refractivity (Wildman–Crippen MR) is 144 cm³/mol. The van der Waals surface area contributed by atoms with E-state index in [1.165, 1.54) is 29.2 Å². The van der Waals surface area contributed by atoms with Crippen molar-refractivity contribution in [2.45, 2.75) is 24.0 Å². The van der Waals surface area contributed by atoms with E-state index in [0.717, 1.165) is 5.56 Å². The second-order valence-electron chi connectivity index (χ2n) is 9.43. The highest BCUT2D eigenvalue weighted by Crippen LogP contribution is 2.47. The van der Waals surface area contributed by atoms with Crippen LogP contribution in [0.2, 0.25) is 0 Å². The number of anilines is 2. The topological polar surface area (TPSA) is 93.2 Å². The Bertz CT molecular complexity index is 1640. The third-order valence-corrected chi connectivity index (χ3v) is 8.11. The van der Waals surface area contributed by atoms with E-state index < -0.39 is 34.1 Å². The van der Waals surface area contributed by atoms with Gasteiger partial charge in [0.25, 0.3) is 5.91 Å². The van der Waals surface area contributed by atoms with Gasteiger partial charge in [0, 0.05) is 0 Å². The van der Waals surface area contributed by atoms with Gasteiger partial charge in [0.1, 0.15) is 16.6 Å². The zero-order valence-corrected chi connectivity index (χ0v) is 21.7. The van der Waals surface area contributed by atoms with Crippen LogP contribution in [0.1, 0.15) is 17.2 Å². The molecule has 0 N–H and O–H groups in total. The summed E-state index contributed by atoms with van der Waals surface area (Å²) in [4.78, 5) is 34.7. The van der Waals surface area contributed by atoms with Crippen LogP contribution in [0.4, 0.5) is 11.4 Å². The molecule has 2 aliphatic heterocycles. The minimum Gasteiger partial charge on any atom is -0.379 e. The Hall–Kier alpha value is -4.47. The lowest BCUT2D eigenvalue weighted by Gasteiger charge is -2.29. The molecule has 4 aromatic carbocycles. The fourth-order valence-corrected chi connectivity index (χ4v) is 6.01. The molecule has 2 amide bonds. The number of carbonyl (C=O) groups excluding carboxylic acids is 2. The van der Waals surface area contributed by atoms with Gasteiger partial charge in [-0.1, -0.05) is 60.7 Å². The van der Waals surface area contributed by atoms with Crippen molar-refractivity contribution in [3.8, 4) is 5.75 Å². The number of hydrogen-bond donors (Lipinski definition) is 0. The summed E-state index contributed by atoms with van der Waals surface area (Å²) in [5.41, 5.74) is 2.78. The maximum absolute atomic E-state index is 13.8. The number of hydrogen-bond acceptors (Lipinski definition) is 7. The molecule has 3 atom stereocenters. The molecule has 9 heteroatoms. The predicted octanol–water partition coefficient (Wildman–Crippen LogP) is 4.81. The van der Waals surface area contributed by atoms with Crippen LogP contribution in [0.5, 0.6) is 5.75 Å². The molecule has 0 unspecified atom stereocenters. The lowest BCUT2D eigenvalue weighted by molar-refractivity contribution is -0.126. The van der Waals surface area contributed by atoms with Crippen LogP contribution in [0, 0.1) is 12.8 Å². The van der Waals surface area contributed by atoms with Crippen LogP contribution in [0.25, 0.3) is 0 Å². The molecule has 39 heavy (non-hydrogen) atoms. The van der Waals surface area contributed by atoms with E-state index in [9.17, 15) is 18.0 Å². The van der Waals surface area contributed by atoms with Gasteiger partial charge < -0.3 is 4.18 Å². The van der Waals surface area contributed by atoms with Crippen molar-refractivity contribution in [2.24, 2.45) is 5.92 Å². The zero-order chi connectivity index (χ0) is 27.1. The SMILES string of the molecule is Cc1cccc(N2C(=O)[C@@H]3[C@@H](ON(c4ccccc4)[C@H]3c3ccc(OS(=O)(=O)c4ccccc4)cc3)C2=O)c1. The Kier molecular flexibility index (Phi) is 6.17. The molecule has 0 spiro atoms. The number of rotatable bonds is 6. The van der Waals surface area contributed by atoms with E-state index in [1.54, 1.807) is 53.6 Å². The average molecular weight is 541 g/mol. The van der Waals surface area contributed by atoms with Crippen LogP contribution in [0.3, 0.4) is 0 Å². The summed E-state index contributed by atoms with van der Waals surface area (Å²) in [6, 6.07) is 30.1. The summed E-state index contributed by atoms with van der Waals surface area (Å²) >= 11 is 0. The van der Waals surface area contributed by atoms with Crippen LogP contribution in [-0.2, 0) is 24.5 Å². The Morgan fingerprint density at radius 2 is 1.38 bits per heavy atom. The first-order valence-electron chi connectivity index (χ1n) is 12.4. The Morgan fingerprint density at radius 3 is 2.05 bits per heavy atom. The average Bonchev–Trinajstić information content (AvgIpc) is 3.45. The van der Waals surface area contributed by atoms with Gasteiger partial charge in [0.15, 0.2) is 6.10 Å². The third kappa shape index (κ3) is 4.45. The highest BCUT2D eigenvalue weighted by Gasteiger charge is 2.60. The molecule has 2 aliphatic rings. The van der Waals surface area contributed by atoms with Gasteiger partial charge in [-0.25, -0.2) is 9.96 Å². The van der Waals surface area contributed by atoms with E-state index in [2.05, 4.69) is 0 Å². The number of amides is 2. The molecule has 0 radical (unpaired) electrons. The maximum Gasteiger partial charge on any atom is 0.339 e. The lowest BCUT2D eigenvalue weighted by Crippen LogP contribution is -2.37. The van der Waals surface area contributed by atoms with Crippen molar-refractivity contribution in [3.63, 3.8) is 0 Å². The van der Waals surface area contributed by atoms with Crippen molar-refractivity contribution in [3.05, 3.63) is 120 Å². The second kappa shape index (κ2) is 9.68. The molecule has 6 rings (SSSR count). The normalized spacial score (nSPS) is 20.8. The Balaban J connectivity index is 1.35. The summed E-state index contributed by atoms with van der Waals surface area (Å²) in [5, 5.41) is 1.59. The Morgan fingerprint density at radius 1 is 0.744 bits per heavy atom. The highest BCUT2D eigenvalue weighted by atomic mass is 32.2. The summed E-state index contributed by atoms with van der Waals surface area (Å²) in [5.74, 6) is -1.46. The van der Waals surface area contributed by atoms with E-state index in [1.807, 2.05) is 43.3 Å². The number of fused-ring (bicyclic) bond motifs is 1. The van der Waals surface area contributed by atoms with Crippen molar-refractivity contribution < 1.29 is 27.0 Å². The lowest BCUT2D eigenvalue weighted by atomic mass is 9.90. The third-order valence-electron chi connectivity index (χ3n) is 6.85. The second-order valence-corrected chi connectivity index (χ2v) is 11.0. The maximum atomic E-state index is 13.8. The van der Waals surface area contributed by atoms with Crippen molar-refractivity contribution in [1.82, 2.24) is 0 Å². The van der Waals surface area contributed by atoms with Gasteiger partial charge in [0.2, 0.25) is 5.91 Å². The van der Waals surface area contributed by atoms with Gasteiger partial charge in [0.05, 0.1) is 17.4 Å². The van der Waals surface area contributed by atoms with Gasteiger partial charge in [-0.3, -0.25) is 14.4 Å². The van der Waals surface area contributed by atoms with E-state index in [-0.39, 0.29) is 16.6 Å². The minimum atomic E-state index is -4.01. The number of hydroxylamine groups is 1. The van der Waals surface area contributed by atoms with Gasteiger partial charge in [-0.2, -0.15) is 8.42 Å². The molecule has 4 aromatic rings. The number of benzene rings is 4. The number of carbonyl (C=O) groups is 2. The Labute approximate surface area is 226 Å². The van der Waals surface area contributed by atoms with Crippen LogP contribution >= 0.6 is 0 Å². The quantitative estimate of drug-likeness (QED) is 0.256. The fraction of sp³-hybridized carbons (Fsp3) is 0.133. The van der Waals surface area contributed by atoms with Crippen LogP contribution < -0.4 is 14.1 Å². The first-order chi connectivity index (χ1) is 18.8. The largest absolute Gasteiger partial charge is 0.379 e. The van der Waals surface area contributed by atoms with Crippen molar-refractivity contribution in [2.75, 3.05) is 9.96 Å². The van der Waals surface area contributed by atoms with Crippen molar-refractivity contribution >= 4 is 33.3 Å². The summed E-state index contributed by atoms with van der Waals surface area (Å²) < 4.78 is 30.7. The molecule has 0 aromatic heterocycles. The number of nitrogens with zero attached hydrogens (tertiary/aromatic N) is 2. The number of imide groups is 1. The standard InChI is InChI=1S/C30H24N2O6S/c1-20-9-8-12-23(19-20)31-29(33)26-27(32(37-28(26)30(31)34)22-10-4-2-5-11-22)21-15-17-24(18-16-21)38-39(35,36)25-13-6-3-7-14-25/h2-19,26-28H,1H3/t26-,27-,28+/m0/s1. The molecular formula is C30H24N2O6S. The molecule has 196 valence electrons. The van der Waals surface area contributed by atoms with E-state index in [0.29, 0.717) is 16.9 Å². The first-order valence-corrected chi connectivity index (χ1v) is 13.8.